The molecule has 0 bridgehead atoms. The summed E-state index contributed by atoms with van der Waals surface area (Å²) in [6, 6.07) is 11.5. The van der Waals surface area contributed by atoms with Gasteiger partial charge in [-0.15, -0.1) is 0 Å². The number of hydrogen-bond donors (Lipinski definition) is 1. The molecule has 5 nitrogen and oxygen atoms in total. The van der Waals surface area contributed by atoms with E-state index in [1.165, 1.54) is 7.11 Å². The minimum Gasteiger partial charge on any atom is -0.495 e. The van der Waals surface area contributed by atoms with Crippen molar-refractivity contribution in [1.82, 2.24) is 5.32 Å². The van der Waals surface area contributed by atoms with Crippen LogP contribution in [-0.2, 0) is 16.1 Å². The van der Waals surface area contributed by atoms with E-state index in [1.807, 2.05) is 44.2 Å². The Bertz CT molecular complexity index is 882. The number of ether oxygens (including phenoxy) is 1. The fourth-order valence-electron chi connectivity index (χ4n) is 3.29. The fraction of sp³-hybridized carbons (Fsp3) is 0.333. The van der Waals surface area contributed by atoms with Gasteiger partial charge in [-0.1, -0.05) is 41.4 Å². The molecule has 0 spiro atoms. The number of amides is 2. The second-order valence-corrected chi connectivity index (χ2v) is 7.29. The Morgan fingerprint density at radius 3 is 2.78 bits per heavy atom. The summed E-state index contributed by atoms with van der Waals surface area (Å²) < 4.78 is 5.38. The van der Waals surface area contributed by atoms with Crippen molar-refractivity contribution in [3.05, 3.63) is 58.1 Å². The van der Waals surface area contributed by atoms with E-state index in [2.05, 4.69) is 5.32 Å². The fourth-order valence-corrected chi connectivity index (χ4v) is 3.45. The van der Waals surface area contributed by atoms with E-state index in [0.29, 0.717) is 29.5 Å². The lowest BCUT2D eigenvalue weighted by atomic mass is 10.1. The third-order valence-corrected chi connectivity index (χ3v) is 5.20. The molecule has 1 saturated heterocycles. The van der Waals surface area contributed by atoms with Crippen LogP contribution in [0, 0.1) is 19.8 Å². The molecule has 1 aliphatic heterocycles. The Balaban J connectivity index is 1.70. The molecule has 1 atom stereocenters. The number of benzene rings is 2. The smallest absolute Gasteiger partial charge is 0.227 e. The van der Waals surface area contributed by atoms with Gasteiger partial charge in [0.15, 0.2) is 0 Å². The van der Waals surface area contributed by atoms with Gasteiger partial charge in [0.2, 0.25) is 11.8 Å². The van der Waals surface area contributed by atoms with Crippen molar-refractivity contribution in [2.24, 2.45) is 5.92 Å². The first kappa shape index (κ1) is 19.2. The molecular weight excluding hydrogens is 364 g/mol. The van der Waals surface area contributed by atoms with E-state index in [1.54, 1.807) is 11.0 Å². The summed E-state index contributed by atoms with van der Waals surface area (Å²) in [5, 5.41) is 3.52. The highest BCUT2D eigenvalue weighted by molar-refractivity contribution is 6.31. The van der Waals surface area contributed by atoms with Gasteiger partial charge in [-0.2, -0.15) is 0 Å². The lowest BCUT2D eigenvalue weighted by molar-refractivity contribution is -0.126. The average molecular weight is 387 g/mol. The van der Waals surface area contributed by atoms with Gasteiger partial charge in [-0.25, -0.2) is 0 Å². The lowest BCUT2D eigenvalue weighted by Gasteiger charge is -2.20. The zero-order valence-corrected chi connectivity index (χ0v) is 16.5. The maximum absolute atomic E-state index is 12.6. The molecule has 1 N–H and O–H groups in total. The normalized spacial score (nSPS) is 16.5. The third kappa shape index (κ3) is 4.25. The number of nitrogens with one attached hydrogen (secondary N) is 1. The van der Waals surface area contributed by atoms with E-state index in [9.17, 15) is 9.59 Å². The monoisotopic (exact) mass is 386 g/mol. The highest BCUT2D eigenvalue weighted by Crippen LogP contribution is 2.37. The molecular formula is C21H23ClN2O3. The molecule has 142 valence electrons. The first-order valence-corrected chi connectivity index (χ1v) is 9.24. The largest absolute Gasteiger partial charge is 0.495 e. The molecule has 27 heavy (non-hydrogen) atoms. The molecule has 0 radical (unpaired) electrons. The predicted molar refractivity (Wildman–Crippen MR) is 106 cm³/mol. The van der Waals surface area contributed by atoms with Crippen LogP contribution in [-0.4, -0.2) is 25.5 Å². The summed E-state index contributed by atoms with van der Waals surface area (Å²) in [7, 11) is 1.54. The zero-order chi connectivity index (χ0) is 19.6. The lowest BCUT2D eigenvalue weighted by Crippen LogP contribution is -2.32. The molecule has 1 unspecified atom stereocenters. The van der Waals surface area contributed by atoms with Crippen molar-refractivity contribution in [1.29, 1.82) is 0 Å². The number of carbonyl (C=O) groups excluding carboxylic acids is 2. The van der Waals surface area contributed by atoms with Crippen LogP contribution >= 0.6 is 11.6 Å². The highest BCUT2D eigenvalue weighted by Gasteiger charge is 2.36. The first-order valence-electron chi connectivity index (χ1n) is 8.86. The number of methoxy groups -OCH3 is 1. The van der Waals surface area contributed by atoms with E-state index in [0.717, 1.165) is 16.7 Å². The Morgan fingerprint density at radius 1 is 1.30 bits per heavy atom. The molecule has 1 aliphatic rings. The molecule has 2 aromatic carbocycles. The molecule has 2 amide bonds. The van der Waals surface area contributed by atoms with Gasteiger partial charge in [0.25, 0.3) is 0 Å². The molecule has 6 heteroatoms. The predicted octanol–water partition coefficient (Wildman–Crippen LogP) is 3.63. The van der Waals surface area contributed by atoms with Crippen LogP contribution in [0.25, 0.3) is 0 Å². The number of anilines is 1. The van der Waals surface area contributed by atoms with Gasteiger partial charge in [-0.3, -0.25) is 9.59 Å². The minimum absolute atomic E-state index is 0.0919. The van der Waals surface area contributed by atoms with Crippen LogP contribution in [0.15, 0.2) is 36.4 Å². The number of aryl methyl sites for hydroxylation is 2. The number of halogens is 1. The number of nitrogens with zero attached hydrogens (tertiary/aromatic N) is 1. The van der Waals surface area contributed by atoms with Gasteiger partial charge in [0, 0.05) is 30.6 Å². The first-order chi connectivity index (χ1) is 12.9. The van der Waals surface area contributed by atoms with Crippen LogP contribution in [0.4, 0.5) is 5.69 Å². The van der Waals surface area contributed by atoms with Gasteiger partial charge in [0.1, 0.15) is 5.75 Å². The van der Waals surface area contributed by atoms with Crippen molar-refractivity contribution in [3.8, 4) is 5.75 Å². The van der Waals surface area contributed by atoms with E-state index in [4.69, 9.17) is 16.3 Å². The summed E-state index contributed by atoms with van der Waals surface area (Å²) in [6.45, 7) is 4.67. The molecule has 1 heterocycles. The Labute approximate surface area is 164 Å². The van der Waals surface area contributed by atoms with Gasteiger partial charge in [-0.05, 0) is 31.0 Å². The Hall–Kier alpha value is -2.53. The maximum atomic E-state index is 12.6. The van der Waals surface area contributed by atoms with Crippen LogP contribution in [0.1, 0.15) is 23.1 Å². The van der Waals surface area contributed by atoms with Crippen LogP contribution in [0.5, 0.6) is 5.75 Å². The molecule has 0 aliphatic carbocycles. The highest BCUT2D eigenvalue weighted by atomic mass is 35.5. The second kappa shape index (κ2) is 8.01. The van der Waals surface area contributed by atoms with Gasteiger partial charge < -0.3 is 15.0 Å². The summed E-state index contributed by atoms with van der Waals surface area (Å²) in [6.07, 6.45) is 0.185. The summed E-state index contributed by atoms with van der Waals surface area (Å²) in [5.74, 6) is -0.0643. The molecule has 2 aromatic rings. The SMILES string of the molecule is COc1cc(Cl)c(C)cc1N1CC(C(=O)NCc2cccc(C)c2)CC1=O. The topological polar surface area (TPSA) is 58.6 Å². The van der Waals surface area contributed by atoms with E-state index >= 15 is 0 Å². The number of hydrogen-bond acceptors (Lipinski definition) is 3. The second-order valence-electron chi connectivity index (χ2n) is 6.89. The van der Waals surface area contributed by atoms with E-state index in [-0.39, 0.29) is 24.2 Å². The molecule has 3 rings (SSSR count). The minimum atomic E-state index is -0.386. The maximum Gasteiger partial charge on any atom is 0.227 e. The molecule has 0 aromatic heterocycles. The molecule has 1 fully saturated rings. The van der Waals surface area contributed by atoms with Gasteiger partial charge in [0.05, 0.1) is 18.7 Å². The van der Waals surface area contributed by atoms with Gasteiger partial charge >= 0.3 is 0 Å². The Kier molecular flexibility index (Phi) is 5.71. The zero-order valence-electron chi connectivity index (χ0n) is 15.7. The van der Waals surface area contributed by atoms with Crippen molar-refractivity contribution < 1.29 is 14.3 Å². The van der Waals surface area contributed by atoms with E-state index < -0.39 is 0 Å². The summed E-state index contributed by atoms with van der Waals surface area (Å²) >= 11 is 6.15. The van der Waals surface area contributed by atoms with Crippen molar-refractivity contribution >= 4 is 29.1 Å². The quantitative estimate of drug-likeness (QED) is 0.853. The van der Waals surface area contributed by atoms with Crippen molar-refractivity contribution in [2.75, 3.05) is 18.6 Å². The van der Waals surface area contributed by atoms with Crippen molar-refractivity contribution in [2.45, 2.75) is 26.8 Å². The van der Waals surface area contributed by atoms with Crippen LogP contribution in [0.2, 0.25) is 5.02 Å². The standard InChI is InChI=1S/C21H23ClN2O3/c1-13-5-4-6-15(7-13)11-23-21(26)16-9-20(25)24(12-16)18-8-14(2)17(22)10-19(18)27-3/h4-8,10,16H,9,11-12H2,1-3H3,(H,23,26). The Morgan fingerprint density at radius 2 is 2.07 bits per heavy atom. The average Bonchev–Trinajstić information content (AvgIpc) is 3.03. The molecule has 0 saturated carbocycles. The van der Waals surface area contributed by atoms with Crippen LogP contribution < -0.4 is 15.0 Å². The van der Waals surface area contributed by atoms with Crippen LogP contribution in [0.3, 0.4) is 0 Å². The summed E-state index contributed by atoms with van der Waals surface area (Å²) in [5.41, 5.74) is 3.69. The number of carbonyl (C=O) groups is 2. The summed E-state index contributed by atoms with van der Waals surface area (Å²) in [4.78, 5) is 26.7. The van der Waals surface area contributed by atoms with Crippen molar-refractivity contribution in [3.63, 3.8) is 0 Å². The third-order valence-electron chi connectivity index (χ3n) is 4.80. The number of rotatable bonds is 5.